The number of carbonyl (C=O) groups excluding carboxylic acids is 2. The Morgan fingerprint density at radius 2 is 1.71 bits per heavy atom. The maximum Gasteiger partial charge on any atom is 0.242 e. The Kier molecular flexibility index (Phi) is 10.4. The number of methoxy groups -OCH3 is 1. The fourth-order valence-corrected chi connectivity index (χ4v) is 4.05. The van der Waals surface area contributed by atoms with E-state index >= 15 is 0 Å². The van der Waals surface area contributed by atoms with Crippen molar-refractivity contribution in [3.8, 4) is 5.75 Å². The SMILES string of the molecule is CC[C@H](C(=O)NCC(C)C)N(Cc1ccccc1)C(=O)CSCc1ccc(OC)cc1. The summed E-state index contributed by atoms with van der Waals surface area (Å²) in [5.74, 6) is 2.13. The Labute approximate surface area is 190 Å². The Balaban J connectivity index is 2.06. The molecule has 0 aliphatic carbocycles. The van der Waals surface area contributed by atoms with Crippen molar-refractivity contribution in [2.45, 2.75) is 45.5 Å². The second-order valence-electron chi connectivity index (χ2n) is 7.91. The molecule has 0 spiro atoms. The van der Waals surface area contributed by atoms with Gasteiger partial charge in [-0.25, -0.2) is 0 Å². The van der Waals surface area contributed by atoms with Crippen LogP contribution < -0.4 is 10.1 Å². The molecule has 0 aromatic heterocycles. The van der Waals surface area contributed by atoms with Gasteiger partial charge in [-0.3, -0.25) is 9.59 Å². The van der Waals surface area contributed by atoms with Crippen LogP contribution in [0.15, 0.2) is 54.6 Å². The van der Waals surface area contributed by atoms with Crippen molar-refractivity contribution in [1.82, 2.24) is 10.2 Å². The summed E-state index contributed by atoms with van der Waals surface area (Å²) < 4.78 is 5.19. The first-order valence-electron chi connectivity index (χ1n) is 10.8. The highest BCUT2D eigenvalue weighted by Crippen LogP contribution is 2.19. The van der Waals surface area contributed by atoms with Crippen LogP contribution in [0.4, 0.5) is 0 Å². The fourth-order valence-electron chi connectivity index (χ4n) is 3.18. The van der Waals surface area contributed by atoms with Gasteiger partial charge in [-0.2, -0.15) is 0 Å². The van der Waals surface area contributed by atoms with Crippen LogP contribution in [0, 0.1) is 5.92 Å². The molecular formula is C25H34N2O3S. The Morgan fingerprint density at radius 1 is 1.03 bits per heavy atom. The molecule has 31 heavy (non-hydrogen) atoms. The van der Waals surface area contributed by atoms with Gasteiger partial charge in [0.25, 0.3) is 0 Å². The molecule has 0 aliphatic rings. The van der Waals surface area contributed by atoms with Crippen LogP contribution >= 0.6 is 11.8 Å². The molecule has 0 radical (unpaired) electrons. The summed E-state index contributed by atoms with van der Waals surface area (Å²) in [6.45, 7) is 7.11. The highest BCUT2D eigenvalue weighted by molar-refractivity contribution is 7.99. The van der Waals surface area contributed by atoms with Crippen LogP contribution in [0.5, 0.6) is 5.75 Å². The molecule has 168 valence electrons. The number of benzene rings is 2. The van der Waals surface area contributed by atoms with Gasteiger partial charge >= 0.3 is 0 Å². The average molecular weight is 443 g/mol. The second kappa shape index (κ2) is 13.1. The largest absolute Gasteiger partial charge is 0.497 e. The van der Waals surface area contributed by atoms with Crippen LogP contribution in [0.1, 0.15) is 38.3 Å². The highest BCUT2D eigenvalue weighted by atomic mass is 32.2. The number of ether oxygens (including phenoxy) is 1. The number of nitrogens with zero attached hydrogens (tertiary/aromatic N) is 1. The van der Waals surface area contributed by atoms with E-state index in [1.807, 2.05) is 61.5 Å². The Bertz CT molecular complexity index is 809. The maximum atomic E-state index is 13.2. The molecule has 0 aliphatic heterocycles. The first-order valence-corrected chi connectivity index (χ1v) is 11.9. The Hall–Kier alpha value is -2.47. The molecule has 2 rings (SSSR count). The Morgan fingerprint density at radius 3 is 2.29 bits per heavy atom. The normalized spacial score (nSPS) is 11.8. The second-order valence-corrected chi connectivity index (χ2v) is 8.90. The molecule has 6 heteroatoms. The van der Waals surface area contributed by atoms with E-state index < -0.39 is 6.04 Å². The van der Waals surface area contributed by atoms with E-state index in [0.717, 1.165) is 22.6 Å². The van der Waals surface area contributed by atoms with Gasteiger partial charge in [-0.15, -0.1) is 11.8 Å². The molecule has 0 saturated heterocycles. The van der Waals surface area contributed by atoms with Gasteiger partial charge in [0.2, 0.25) is 11.8 Å². The summed E-state index contributed by atoms with van der Waals surface area (Å²) in [6, 6.07) is 17.2. The van der Waals surface area contributed by atoms with Crippen molar-refractivity contribution in [3.05, 3.63) is 65.7 Å². The molecule has 1 N–H and O–H groups in total. The van der Waals surface area contributed by atoms with Gasteiger partial charge in [0, 0.05) is 18.8 Å². The zero-order chi connectivity index (χ0) is 22.6. The number of carbonyl (C=O) groups is 2. The lowest BCUT2D eigenvalue weighted by molar-refractivity contribution is -0.139. The van der Waals surface area contributed by atoms with Gasteiger partial charge in [-0.05, 0) is 35.6 Å². The van der Waals surface area contributed by atoms with E-state index in [4.69, 9.17) is 4.74 Å². The lowest BCUT2D eigenvalue weighted by atomic mass is 10.1. The van der Waals surface area contributed by atoms with Crippen molar-refractivity contribution in [2.75, 3.05) is 19.4 Å². The summed E-state index contributed by atoms with van der Waals surface area (Å²) in [6.07, 6.45) is 0.575. The molecule has 5 nitrogen and oxygen atoms in total. The van der Waals surface area contributed by atoms with Gasteiger partial charge < -0.3 is 15.0 Å². The van der Waals surface area contributed by atoms with Gasteiger partial charge in [0.15, 0.2) is 0 Å². The third kappa shape index (κ3) is 8.29. The van der Waals surface area contributed by atoms with Crippen LogP contribution in [0.2, 0.25) is 0 Å². The molecule has 0 saturated carbocycles. The average Bonchev–Trinajstić information content (AvgIpc) is 2.78. The minimum absolute atomic E-state index is 0.0195. The summed E-state index contributed by atoms with van der Waals surface area (Å²) in [5.41, 5.74) is 2.15. The first kappa shape index (κ1) is 24.8. The topological polar surface area (TPSA) is 58.6 Å². The van der Waals surface area contributed by atoms with E-state index in [1.165, 1.54) is 0 Å². The maximum absolute atomic E-state index is 13.2. The summed E-state index contributed by atoms with van der Waals surface area (Å²) >= 11 is 1.56. The van der Waals surface area contributed by atoms with Crippen LogP contribution in [0.25, 0.3) is 0 Å². The number of hydrogen-bond donors (Lipinski definition) is 1. The molecule has 0 heterocycles. The zero-order valence-electron chi connectivity index (χ0n) is 19.0. The summed E-state index contributed by atoms with van der Waals surface area (Å²) in [7, 11) is 1.64. The van der Waals surface area contributed by atoms with E-state index in [9.17, 15) is 9.59 Å². The summed E-state index contributed by atoms with van der Waals surface area (Å²) in [5, 5.41) is 3.00. The monoisotopic (exact) mass is 442 g/mol. The number of thioether (sulfide) groups is 1. The van der Waals surface area contributed by atoms with Gasteiger partial charge in [0.1, 0.15) is 11.8 Å². The first-order chi connectivity index (χ1) is 14.9. The van der Waals surface area contributed by atoms with E-state index in [0.29, 0.717) is 31.2 Å². The minimum atomic E-state index is -0.479. The van der Waals surface area contributed by atoms with E-state index in [1.54, 1.807) is 23.8 Å². The zero-order valence-corrected chi connectivity index (χ0v) is 19.8. The summed E-state index contributed by atoms with van der Waals surface area (Å²) in [4.78, 5) is 27.8. The molecular weight excluding hydrogens is 408 g/mol. The van der Waals surface area contributed by atoms with Crippen LogP contribution in [0.3, 0.4) is 0 Å². The number of rotatable bonds is 12. The predicted octanol–water partition coefficient (Wildman–Crippen LogP) is 4.51. The molecule has 2 aromatic carbocycles. The smallest absolute Gasteiger partial charge is 0.242 e. The van der Waals surface area contributed by atoms with Crippen LogP contribution in [-0.4, -0.2) is 42.2 Å². The van der Waals surface area contributed by atoms with Gasteiger partial charge in [0.05, 0.1) is 12.9 Å². The van der Waals surface area contributed by atoms with Crippen molar-refractivity contribution in [3.63, 3.8) is 0 Å². The lowest BCUT2D eigenvalue weighted by Gasteiger charge is -2.31. The minimum Gasteiger partial charge on any atom is -0.497 e. The third-order valence-corrected chi connectivity index (χ3v) is 5.91. The molecule has 1 atom stereocenters. The number of nitrogens with one attached hydrogen (secondary N) is 1. The van der Waals surface area contributed by atoms with Crippen molar-refractivity contribution in [2.24, 2.45) is 5.92 Å². The third-order valence-electron chi connectivity index (χ3n) is 4.92. The van der Waals surface area contributed by atoms with Crippen LogP contribution in [-0.2, 0) is 21.9 Å². The van der Waals surface area contributed by atoms with Crippen molar-refractivity contribution >= 4 is 23.6 Å². The van der Waals surface area contributed by atoms with Gasteiger partial charge in [-0.1, -0.05) is 63.2 Å². The van der Waals surface area contributed by atoms with E-state index in [-0.39, 0.29) is 11.8 Å². The molecule has 0 bridgehead atoms. The lowest BCUT2D eigenvalue weighted by Crippen LogP contribution is -2.50. The molecule has 0 fully saturated rings. The molecule has 2 aromatic rings. The molecule has 2 amide bonds. The van der Waals surface area contributed by atoms with E-state index in [2.05, 4.69) is 19.2 Å². The fraction of sp³-hybridized carbons (Fsp3) is 0.440. The van der Waals surface area contributed by atoms with Crippen molar-refractivity contribution < 1.29 is 14.3 Å². The molecule has 0 unspecified atom stereocenters. The van der Waals surface area contributed by atoms with Crippen molar-refractivity contribution in [1.29, 1.82) is 0 Å². The predicted molar refractivity (Wildman–Crippen MR) is 128 cm³/mol. The number of hydrogen-bond acceptors (Lipinski definition) is 4. The standard InChI is InChI=1S/C25H34N2O3S/c1-5-23(25(29)26-15-19(2)3)27(16-20-9-7-6-8-10-20)24(28)18-31-17-21-11-13-22(30-4)14-12-21/h6-14,19,23H,5,15-18H2,1-4H3,(H,26,29)/t23-/m1/s1. The number of amides is 2. The highest BCUT2D eigenvalue weighted by Gasteiger charge is 2.28. The quantitative estimate of drug-likeness (QED) is 0.525.